The molecule has 1 aliphatic heterocycles. The molecule has 0 radical (unpaired) electrons. The lowest BCUT2D eigenvalue weighted by atomic mass is 10.2. The Labute approximate surface area is 113 Å². The van der Waals surface area contributed by atoms with Crippen molar-refractivity contribution in [2.75, 3.05) is 6.61 Å². The van der Waals surface area contributed by atoms with Crippen LogP contribution >= 0.6 is 0 Å². The molecule has 0 bridgehead atoms. The van der Waals surface area contributed by atoms with Gasteiger partial charge < -0.3 is 14.8 Å². The van der Waals surface area contributed by atoms with Crippen LogP contribution in [0.5, 0.6) is 5.75 Å². The number of non-ortho nitro benzene ring substituents is 1. The summed E-state index contributed by atoms with van der Waals surface area (Å²) in [6.07, 6.45) is 0.120. The maximum atomic E-state index is 11.4. The molecule has 0 aromatic heterocycles. The van der Waals surface area contributed by atoms with Gasteiger partial charge in [0.25, 0.3) is 5.69 Å². The summed E-state index contributed by atoms with van der Waals surface area (Å²) in [4.78, 5) is 32.2. The molecule has 2 rings (SSSR count). The van der Waals surface area contributed by atoms with Crippen molar-refractivity contribution < 1.29 is 24.0 Å². The number of benzene rings is 1. The van der Waals surface area contributed by atoms with Crippen LogP contribution in [0.2, 0.25) is 0 Å². The van der Waals surface area contributed by atoms with E-state index >= 15 is 0 Å². The molecule has 1 atom stereocenters. The average Bonchev–Trinajstić information content (AvgIpc) is 2.83. The molecule has 0 saturated carbocycles. The lowest BCUT2D eigenvalue weighted by Crippen LogP contribution is -2.31. The summed E-state index contributed by atoms with van der Waals surface area (Å²) in [6, 6.07) is 4.86. The Morgan fingerprint density at radius 1 is 1.40 bits per heavy atom. The SMILES string of the molecule is O=C1CC[C@H](COC(=O)Oc2ccc([N+](=O)[O-])cc2)N1. The smallest absolute Gasteiger partial charge is 0.432 e. The number of carbonyl (C=O) groups excluding carboxylic acids is 2. The highest BCUT2D eigenvalue weighted by molar-refractivity contribution is 5.78. The van der Waals surface area contributed by atoms with Gasteiger partial charge in [0.2, 0.25) is 5.91 Å². The number of nitrogens with zero attached hydrogens (tertiary/aromatic N) is 1. The monoisotopic (exact) mass is 280 g/mol. The Balaban J connectivity index is 1.79. The topological polar surface area (TPSA) is 108 Å². The van der Waals surface area contributed by atoms with Gasteiger partial charge in [-0.3, -0.25) is 14.9 Å². The lowest BCUT2D eigenvalue weighted by molar-refractivity contribution is -0.384. The molecule has 0 spiro atoms. The number of hydrogen-bond donors (Lipinski definition) is 1. The molecule has 20 heavy (non-hydrogen) atoms. The van der Waals surface area contributed by atoms with E-state index in [1.54, 1.807) is 0 Å². The summed E-state index contributed by atoms with van der Waals surface area (Å²) in [7, 11) is 0. The fourth-order valence-corrected chi connectivity index (χ4v) is 1.73. The minimum Gasteiger partial charge on any atom is -0.432 e. The molecule has 8 heteroatoms. The summed E-state index contributed by atoms with van der Waals surface area (Å²) >= 11 is 0. The first kappa shape index (κ1) is 13.8. The molecule has 0 unspecified atom stereocenters. The third-order valence-electron chi connectivity index (χ3n) is 2.74. The van der Waals surface area contributed by atoms with Crippen molar-refractivity contribution in [3.8, 4) is 5.75 Å². The third kappa shape index (κ3) is 3.67. The summed E-state index contributed by atoms with van der Waals surface area (Å²) in [5, 5.41) is 13.1. The third-order valence-corrected chi connectivity index (χ3v) is 2.74. The van der Waals surface area contributed by atoms with E-state index in [2.05, 4.69) is 5.32 Å². The van der Waals surface area contributed by atoms with Crippen molar-refractivity contribution >= 4 is 17.7 Å². The predicted molar refractivity (Wildman–Crippen MR) is 66.2 cm³/mol. The lowest BCUT2D eigenvalue weighted by Gasteiger charge is -2.10. The average molecular weight is 280 g/mol. The maximum absolute atomic E-state index is 11.4. The fraction of sp³-hybridized carbons (Fsp3) is 0.333. The second-order valence-electron chi connectivity index (χ2n) is 4.22. The molecule has 1 N–H and O–H groups in total. The molecular weight excluding hydrogens is 268 g/mol. The van der Waals surface area contributed by atoms with Gasteiger partial charge in [-0.2, -0.15) is 0 Å². The van der Waals surface area contributed by atoms with Crippen LogP contribution in [0.25, 0.3) is 0 Å². The molecule has 0 aliphatic carbocycles. The predicted octanol–water partition coefficient (Wildman–Crippen LogP) is 1.39. The van der Waals surface area contributed by atoms with Gasteiger partial charge in [-0.15, -0.1) is 0 Å². The normalized spacial score (nSPS) is 17.4. The number of rotatable bonds is 4. The van der Waals surface area contributed by atoms with E-state index in [0.717, 1.165) is 0 Å². The van der Waals surface area contributed by atoms with Gasteiger partial charge in [0.05, 0.1) is 11.0 Å². The van der Waals surface area contributed by atoms with E-state index in [-0.39, 0.29) is 30.0 Å². The largest absolute Gasteiger partial charge is 0.513 e. The zero-order valence-electron chi connectivity index (χ0n) is 10.4. The molecule has 1 amide bonds. The van der Waals surface area contributed by atoms with Crippen LogP contribution < -0.4 is 10.1 Å². The van der Waals surface area contributed by atoms with Gasteiger partial charge in [0, 0.05) is 18.6 Å². The van der Waals surface area contributed by atoms with Crippen LogP contribution in [0.4, 0.5) is 10.5 Å². The van der Waals surface area contributed by atoms with Gasteiger partial charge >= 0.3 is 6.16 Å². The molecular formula is C12H12N2O6. The van der Waals surface area contributed by atoms with Crippen molar-refractivity contribution in [3.63, 3.8) is 0 Å². The summed E-state index contributed by atoms with van der Waals surface area (Å²) in [5.41, 5.74) is -0.0978. The number of amides is 1. The molecule has 1 heterocycles. The van der Waals surface area contributed by atoms with Gasteiger partial charge in [0.15, 0.2) is 0 Å². The maximum Gasteiger partial charge on any atom is 0.513 e. The van der Waals surface area contributed by atoms with Crippen molar-refractivity contribution in [1.82, 2.24) is 5.32 Å². The molecule has 1 aromatic rings. The summed E-state index contributed by atoms with van der Waals surface area (Å²) in [5.74, 6) is 0.0818. The van der Waals surface area contributed by atoms with E-state index < -0.39 is 11.1 Å². The number of ether oxygens (including phenoxy) is 2. The second-order valence-corrected chi connectivity index (χ2v) is 4.22. The highest BCUT2D eigenvalue weighted by Gasteiger charge is 2.22. The Bertz CT molecular complexity index is 527. The summed E-state index contributed by atoms with van der Waals surface area (Å²) in [6.45, 7) is 0.0392. The molecule has 1 fully saturated rings. The van der Waals surface area contributed by atoms with E-state index in [4.69, 9.17) is 9.47 Å². The first-order valence-electron chi connectivity index (χ1n) is 5.93. The molecule has 1 aliphatic rings. The van der Waals surface area contributed by atoms with Crippen LogP contribution in [0.3, 0.4) is 0 Å². The van der Waals surface area contributed by atoms with E-state index in [1.807, 2.05) is 0 Å². The zero-order valence-corrected chi connectivity index (χ0v) is 10.4. The van der Waals surface area contributed by atoms with Crippen molar-refractivity contribution in [3.05, 3.63) is 34.4 Å². The number of nitro groups is 1. The standard InChI is InChI=1S/C12H12N2O6/c15-11-6-1-8(13-11)7-19-12(16)20-10-4-2-9(3-5-10)14(17)18/h2-5,8H,1,6-7H2,(H,13,15)/t8-/m1/s1. The highest BCUT2D eigenvalue weighted by atomic mass is 16.7. The number of nitro benzene ring substituents is 1. The molecule has 8 nitrogen and oxygen atoms in total. The van der Waals surface area contributed by atoms with Crippen LogP contribution in [0.15, 0.2) is 24.3 Å². The highest BCUT2D eigenvalue weighted by Crippen LogP contribution is 2.17. The molecule has 1 saturated heterocycles. The van der Waals surface area contributed by atoms with Crippen LogP contribution in [0.1, 0.15) is 12.8 Å². The Morgan fingerprint density at radius 2 is 2.10 bits per heavy atom. The van der Waals surface area contributed by atoms with Crippen LogP contribution in [-0.2, 0) is 9.53 Å². The van der Waals surface area contributed by atoms with Crippen molar-refractivity contribution in [1.29, 1.82) is 0 Å². The molecule has 106 valence electrons. The zero-order chi connectivity index (χ0) is 14.5. The van der Waals surface area contributed by atoms with Gasteiger partial charge in [0.1, 0.15) is 12.4 Å². The number of nitrogens with one attached hydrogen (secondary N) is 1. The Hall–Kier alpha value is -2.64. The van der Waals surface area contributed by atoms with Gasteiger partial charge in [-0.05, 0) is 18.6 Å². The Morgan fingerprint density at radius 3 is 2.65 bits per heavy atom. The first-order chi connectivity index (χ1) is 9.54. The number of hydrogen-bond acceptors (Lipinski definition) is 6. The van der Waals surface area contributed by atoms with E-state index in [0.29, 0.717) is 12.8 Å². The van der Waals surface area contributed by atoms with Gasteiger partial charge in [-0.25, -0.2) is 4.79 Å². The number of carbonyl (C=O) groups is 2. The first-order valence-corrected chi connectivity index (χ1v) is 5.93. The van der Waals surface area contributed by atoms with E-state index in [9.17, 15) is 19.7 Å². The van der Waals surface area contributed by atoms with Crippen molar-refractivity contribution in [2.45, 2.75) is 18.9 Å². The minimum absolute atomic E-state index is 0.0392. The Kier molecular flexibility index (Phi) is 4.14. The quantitative estimate of drug-likeness (QED) is 0.386. The summed E-state index contributed by atoms with van der Waals surface area (Å²) < 4.78 is 9.69. The second kappa shape index (κ2) is 6.00. The molecule has 1 aromatic carbocycles. The van der Waals surface area contributed by atoms with E-state index in [1.165, 1.54) is 24.3 Å². The van der Waals surface area contributed by atoms with Gasteiger partial charge in [-0.1, -0.05) is 0 Å². The van der Waals surface area contributed by atoms with Crippen molar-refractivity contribution in [2.24, 2.45) is 0 Å². The van der Waals surface area contributed by atoms with Crippen LogP contribution in [0, 0.1) is 10.1 Å². The van der Waals surface area contributed by atoms with Crippen LogP contribution in [-0.4, -0.2) is 29.6 Å². The fourth-order valence-electron chi connectivity index (χ4n) is 1.73. The minimum atomic E-state index is -0.917.